The minimum Gasteiger partial charge on any atom is -0.452 e. The quantitative estimate of drug-likeness (QED) is 0.723. The average molecular weight is 396 g/mol. The lowest BCUT2D eigenvalue weighted by atomic mass is 9.49. The molecular formula is C23H28N2O4. The summed E-state index contributed by atoms with van der Waals surface area (Å²) < 4.78 is 5.07. The van der Waals surface area contributed by atoms with Crippen molar-refractivity contribution >= 4 is 23.5 Å². The maximum atomic E-state index is 13.1. The number of hydrogen-bond donors (Lipinski definition) is 2. The summed E-state index contributed by atoms with van der Waals surface area (Å²) in [6.45, 7) is -0.264. The molecule has 0 spiro atoms. The van der Waals surface area contributed by atoms with Crippen LogP contribution in [0.4, 0.5) is 5.69 Å². The van der Waals surface area contributed by atoms with Crippen LogP contribution in [0.25, 0.3) is 0 Å². The van der Waals surface area contributed by atoms with Crippen LogP contribution in [0.1, 0.15) is 61.7 Å². The van der Waals surface area contributed by atoms with Crippen LogP contribution in [-0.2, 0) is 14.3 Å². The van der Waals surface area contributed by atoms with Crippen molar-refractivity contribution in [2.45, 2.75) is 57.4 Å². The van der Waals surface area contributed by atoms with E-state index < -0.39 is 5.97 Å². The van der Waals surface area contributed by atoms with Crippen LogP contribution in [0, 0.1) is 23.2 Å². The first kappa shape index (κ1) is 18.6. The SMILES string of the molecule is O=C(COC(=O)c1ccc(NC(=O)C23CC4CC(CC(C4)C2)C3)cc1)NC1CC1. The molecule has 5 aliphatic carbocycles. The van der Waals surface area contributed by atoms with Gasteiger partial charge in [0.25, 0.3) is 5.91 Å². The van der Waals surface area contributed by atoms with E-state index >= 15 is 0 Å². The van der Waals surface area contributed by atoms with Crippen LogP contribution < -0.4 is 10.6 Å². The summed E-state index contributed by atoms with van der Waals surface area (Å²) in [6, 6.07) is 6.99. The van der Waals surface area contributed by atoms with Gasteiger partial charge < -0.3 is 15.4 Å². The first-order chi connectivity index (χ1) is 14.0. The molecule has 5 fully saturated rings. The molecule has 1 aromatic carbocycles. The fraction of sp³-hybridized carbons (Fsp3) is 0.609. The zero-order chi connectivity index (χ0) is 20.0. The second-order valence-corrected chi connectivity index (χ2v) is 9.65. The topological polar surface area (TPSA) is 84.5 Å². The van der Waals surface area contributed by atoms with Gasteiger partial charge in [-0.3, -0.25) is 9.59 Å². The Balaban J connectivity index is 1.17. The van der Waals surface area contributed by atoms with E-state index in [1.165, 1.54) is 19.3 Å². The molecule has 154 valence electrons. The number of anilines is 1. The fourth-order valence-corrected chi connectivity index (χ4v) is 6.05. The number of ether oxygens (including phenoxy) is 1. The Bertz CT molecular complexity index is 793. The smallest absolute Gasteiger partial charge is 0.338 e. The van der Waals surface area contributed by atoms with Gasteiger partial charge in [0.15, 0.2) is 6.61 Å². The standard InChI is InChI=1S/C23H28N2O4/c26-20(24-18-5-6-18)13-29-21(27)17-1-3-19(4-2-17)25-22(28)23-10-14-7-15(11-23)9-16(8-14)12-23/h1-4,14-16,18H,5-13H2,(H,24,26)(H,25,28). The van der Waals surface area contributed by atoms with E-state index in [2.05, 4.69) is 10.6 Å². The molecule has 0 heterocycles. The fourth-order valence-electron chi connectivity index (χ4n) is 6.05. The number of carbonyl (C=O) groups excluding carboxylic acids is 3. The van der Waals surface area contributed by atoms with Gasteiger partial charge in [0.2, 0.25) is 5.91 Å². The molecule has 4 bridgehead atoms. The summed E-state index contributed by atoms with van der Waals surface area (Å²) in [5.74, 6) is 1.52. The number of hydrogen-bond acceptors (Lipinski definition) is 4. The van der Waals surface area contributed by atoms with Crippen molar-refractivity contribution in [1.82, 2.24) is 5.32 Å². The molecule has 6 heteroatoms. The number of carbonyl (C=O) groups is 3. The Morgan fingerprint density at radius 2 is 1.52 bits per heavy atom. The third-order valence-electron chi connectivity index (χ3n) is 7.18. The van der Waals surface area contributed by atoms with Crippen molar-refractivity contribution in [1.29, 1.82) is 0 Å². The molecule has 5 saturated carbocycles. The predicted octanol–water partition coefficient (Wildman–Crippen LogP) is 3.28. The van der Waals surface area contributed by atoms with Crippen LogP contribution in [0.2, 0.25) is 0 Å². The molecule has 0 aromatic heterocycles. The minimum absolute atomic E-state index is 0.142. The van der Waals surface area contributed by atoms with E-state index in [9.17, 15) is 14.4 Å². The second-order valence-electron chi connectivity index (χ2n) is 9.65. The molecule has 29 heavy (non-hydrogen) atoms. The van der Waals surface area contributed by atoms with Crippen LogP contribution >= 0.6 is 0 Å². The third-order valence-corrected chi connectivity index (χ3v) is 7.18. The summed E-state index contributed by atoms with van der Waals surface area (Å²) >= 11 is 0. The molecule has 0 atom stereocenters. The lowest BCUT2D eigenvalue weighted by molar-refractivity contribution is -0.140. The molecule has 0 saturated heterocycles. The van der Waals surface area contributed by atoms with E-state index in [4.69, 9.17) is 4.74 Å². The largest absolute Gasteiger partial charge is 0.452 e. The molecule has 0 aliphatic heterocycles. The normalized spacial score (nSPS) is 31.9. The first-order valence-electron chi connectivity index (χ1n) is 10.9. The van der Waals surface area contributed by atoms with Gasteiger partial charge in [-0.1, -0.05) is 0 Å². The van der Waals surface area contributed by atoms with Crippen LogP contribution in [0.5, 0.6) is 0 Å². The van der Waals surface area contributed by atoms with Crippen molar-refractivity contribution in [2.24, 2.45) is 23.2 Å². The lowest BCUT2D eigenvalue weighted by Crippen LogP contribution is -2.51. The van der Waals surface area contributed by atoms with Gasteiger partial charge in [0.05, 0.1) is 11.0 Å². The van der Waals surface area contributed by atoms with Crippen LogP contribution in [-0.4, -0.2) is 30.4 Å². The van der Waals surface area contributed by atoms with Gasteiger partial charge in [-0.2, -0.15) is 0 Å². The van der Waals surface area contributed by atoms with E-state index in [-0.39, 0.29) is 29.9 Å². The average Bonchev–Trinajstić information content (AvgIpc) is 3.49. The van der Waals surface area contributed by atoms with Crippen LogP contribution in [0.15, 0.2) is 24.3 Å². The zero-order valence-corrected chi connectivity index (χ0v) is 16.6. The Labute approximate surface area is 170 Å². The van der Waals surface area contributed by atoms with Crippen molar-refractivity contribution in [3.63, 3.8) is 0 Å². The van der Waals surface area contributed by atoms with Gasteiger partial charge in [-0.05, 0) is 93.4 Å². The van der Waals surface area contributed by atoms with Gasteiger partial charge >= 0.3 is 5.97 Å². The zero-order valence-electron chi connectivity index (χ0n) is 16.6. The molecule has 2 amide bonds. The highest BCUT2D eigenvalue weighted by Crippen LogP contribution is 2.60. The highest BCUT2D eigenvalue weighted by molar-refractivity contribution is 5.96. The molecule has 0 radical (unpaired) electrons. The molecule has 0 unspecified atom stereocenters. The van der Waals surface area contributed by atoms with Crippen LogP contribution in [0.3, 0.4) is 0 Å². The van der Waals surface area contributed by atoms with E-state index in [1.54, 1.807) is 24.3 Å². The number of esters is 1. The Morgan fingerprint density at radius 1 is 0.931 bits per heavy atom. The number of rotatable bonds is 6. The lowest BCUT2D eigenvalue weighted by Gasteiger charge is -2.55. The van der Waals surface area contributed by atoms with Crippen molar-refractivity contribution in [2.75, 3.05) is 11.9 Å². The van der Waals surface area contributed by atoms with Gasteiger partial charge in [0.1, 0.15) is 0 Å². The summed E-state index contributed by atoms with van der Waals surface area (Å²) in [5.41, 5.74) is 0.882. The summed E-state index contributed by atoms with van der Waals surface area (Å²) in [7, 11) is 0. The molecule has 6 nitrogen and oxygen atoms in total. The number of benzene rings is 1. The summed E-state index contributed by atoms with van der Waals surface area (Å²) in [5, 5.41) is 5.87. The molecule has 5 aliphatic rings. The Morgan fingerprint density at radius 3 is 2.07 bits per heavy atom. The number of nitrogens with one attached hydrogen (secondary N) is 2. The van der Waals surface area contributed by atoms with Gasteiger partial charge in [0, 0.05) is 11.7 Å². The Kier molecular flexibility index (Phi) is 4.60. The van der Waals surface area contributed by atoms with Gasteiger partial charge in [-0.15, -0.1) is 0 Å². The van der Waals surface area contributed by atoms with E-state index in [0.717, 1.165) is 49.9 Å². The highest BCUT2D eigenvalue weighted by Gasteiger charge is 2.54. The second kappa shape index (κ2) is 7.15. The van der Waals surface area contributed by atoms with Crippen molar-refractivity contribution < 1.29 is 19.1 Å². The minimum atomic E-state index is -0.532. The highest BCUT2D eigenvalue weighted by atomic mass is 16.5. The maximum absolute atomic E-state index is 13.1. The first-order valence-corrected chi connectivity index (χ1v) is 10.9. The molecule has 1 aromatic rings. The monoisotopic (exact) mass is 396 g/mol. The maximum Gasteiger partial charge on any atom is 0.338 e. The van der Waals surface area contributed by atoms with E-state index in [1.807, 2.05) is 0 Å². The predicted molar refractivity (Wildman–Crippen MR) is 107 cm³/mol. The van der Waals surface area contributed by atoms with Crippen molar-refractivity contribution in [3.8, 4) is 0 Å². The molecule has 2 N–H and O–H groups in total. The number of amides is 2. The summed E-state index contributed by atoms with van der Waals surface area (Å²) in [4.78, 5) is 36.9. The van der Waals surface area contributed by atoms with Gasteiger partial charge in [-0.25, -0.2) is 4.79 Å². The van der Waals surface area contributed by atoms with E-state index in [0.29, 0.717) is 11.3 Å². The van der Waals surface area contributed by atoms with Crippen molar-refractivity contribution in [3.05, 3.63) is 29.8 Å². The molecule has 6 rings (SSSR count). The summed E-state index contributed by atoms with van der Waals surface area (Å²) in [6.07, 6.45) is 8.99. The third kappa shape index (κ3) is 3.89. The molecular weight excluding hydrogens is 368 g/mol. The Hall–Kier alpha value is -2.37.